The second kappa shape index (κ2) is 3.96. The third kappa shape index (κ3) is 1.76. The molecule has 1 aliphatic rings. The van der Waals surface area contributed by atoms with Crippen molar-refractivity contribution >= 4 is 9.84 Å². The zero-order valence-electron chi connectivity index (χ0n) is 9.81. The van der Waals surface area contributed by atoms with Crippen LogP contribution >= 0.6 is 0 Å². The van der Waals surface area contributed by atoms with Gasteiger partial charge in [-0.15, -0.1) is 0 Å². The molecule has 1 aliphatic heterocycles. The van der Waals surface area contributed by atoms with Crippen LogP contribution in [-0.2, 0) is 27.9 Å². The predicted molar refractivity (Wildman–Crippen MR) is 70.4 cm³/mol. The molecule has 0 saturated heterocycles. The number of aromatic nitrogens is 1. The number of nitrogens with one attached hydrogen (secondary N) is 1. The van der Waals surface area contributed by atoms with Gasteiger partial charge in [0.1, 0.15) is 0 Å². The Morgan fingerprint density at radius 3 is 2.56 bits per heavy atom. The normalized spacial score (nSPS) is 16.7. The van der Waals surface area contributed by atoms with Gasteiger partial charge in [0, 0.05) is 12.2 Å². The van der Waals surface area contributed by atoms with E-state index in [0.717, 1.165) is 28.1 Å². The molecule has 0 unspecified atom stereocenters. The smallest absolute Gasteiger partial charge is 0.160 e. The molecule has 5 heteroatoms. The van der Waals surface area contributed by atoms with Crippen molar-refractivity contribution in [1.29, 1.82) is 0 Å². The summed E-state index contributed by atoms with van der Waals surface area (Å²) < 4.78 is 23.2. The number of nitrogens with two attached hydrogens (primary N) is 1. The largest absolute Gasteiger partial charge is 0.357 e. The zero-order chi connectivity index (χ0) is 12.8. The third-order valence-corrected chi connectivity index (χ3v) is 4.76. The van der Waals surface area contributed by atoms with Crippen LogP contribution in [0.4, 0.5) is 0 Å². The van der Waals surface area contributed by atoms with Crippen LogP contribution in [0.5, 0.6) is 0 Å². The Hall–Kier alpha value is -1.59. The van der Waals surface area contributed by atoms with E-state index in [4.69, 9.17) is 5.73 Å². The maximum atomic E-state index is 11.6. The molecule has 4 nitrogen and oxygen atoms in total. The van der Waals surface area contributed by atoms with Crippen molar-refractivity contribution in [2.24, 2.45) is 5.73 Å². The predicted octanol–water partition coefficient (Wildman–Crippen LogP) is 1.57. The first kappa shape index (κ1) is 11.5. The molecule has 18 heavy (non-hydrogen) atoms. The van der Waals surface area contributed by atoms with Crippen molar-refractivity contribution in [2.75, 3.05) is 0 Å². The first-order valence-electron chi connectivity index (χ1n) is 5.79. The van der Waals surface area contributed by atoms with Gasteiger partial charge >= 0.3 is 0 Å². The summed E-state index contributed by atoms with van der Waals surface area (Å²) in [5.41, 5.74) is 10.4. The van der Waals surface area contributed by atoms with E-state index in [0.29, 0.717) is 6.54 Å². The summed E-state index contributed by atoms with van der Waals surface area (Å²) >= 11 is 0. The Morgan fingerprint density at radius 2 is 1.89 bits per heavy atom. The quantitative estimate of drug-likeness (QED) is 0.862. The highest BCUT2D eigenvalue weighted by Gasteiger charge is 2.30. The van der Waals surface area contributed by atoms with Crippen LogP contribution in [0.25, 0.3) is 11.3 Å². The van der Waals surface area contributed by atoms with Gasteiger partial charge in [-0.05, 0) is 16.7 Å². The fourth-order valence-corrected chi connectivity index (χ4v) is 4.08. The molecule has 0 fully saturated rings. The van der Waals surface area contributed by atoms with Crippen molar-refractivity contribution in [3.63, 3.8) is 0 Å². The maximum Gasteiger partial charge on any atom is 0.160 e. The second-order valence-corrected chi connectivity index (χ2v) is 6.60. The van der Waals surface area contributed by atoms with E-state index in [2.05, 4.69) is 4.98 Å². The summed E-state index contributed by atoms with van der Waals surface area (Å²) in [6.45, 7) is 0.353. The van der Waals surface area contributed by atoms with Gasteiger partial charge in [0.15, 0.2) is 9.84 Å². The lowest BCUT2D eigenvalue weighted by molar-refractivity contribution is 0.597. The van der Waals surface area contributed by atoms with Crippen LogP contribution in [0.15, 0.2) is 30.3 Å². The number of benzene rings is 1. The summed E-state index contributed by atoms with van der Waals surface area (Å²) in [5, 5.41) is 0. The highest BCUT2D eigenvalue weighted by atomic mass is 32.2. The number of fused-ring (bicyclic) bond motifs is 1. The van der Waals surface area contributed by atoms with Gasteiger partial charge in [-0.2, -0.15) is 0 Å². The first-order valence-corrected chi connectivity index (χ1v) is 7.61. The van der Waals surface area contributed by atoms with Crippen molar-refractivity contribution in [2.45, 2.75) is 18.1 Å². The molecule has 94 valence electrons. The minimum absolute atomic E-state index is 0.0994. The van der Waals surface area contributed by atoms with Crippen LogP contribution in [0, 0.1) is 0 Å². The lowest BCUT2D eigenvalue weighted by atomic mass is 10.1. The monoisotopic (exact) mass is 262 g/mol. The van der Waals surface area contributed by atoms with E-state index >= 15 is 0 Å². The number of hydrogen-bond acceptors (Lipinski definition) is 3. The molecule has 2 aromatic rings. The van der Waals surface area contributed by atoms with Gasteiger partial charge in [-0.1, -0.05) is 30.3 Å². The van der Waals surface area contributed by atoms with Gasteiger partial charge in [0.05, 0.1) is 17.2 Å². The van der Waals surface area contributed by atoms with Crippen LogP contribution in [0.3, 0.4) is 0 Å². The molecule has 0 bridgehead atoms. The Balaban J connectivity index is 2.16. The number of H-pyrrole nitrogens is 1. The van der Waals surface area contributed by atoms with E-state index in [1.165, 1.54) is 0 Å². The SMILES string of the molecule is NCc1c(-c2ccccc2)[nH]c2c1CS(=O)(=O)C2. The fraction of sp³-hybridized carbons (Fsp3) is 0.231. The summed E-state index contributed by atoms with van der Waals surface area (Å²) in [7, 11) is -2.98. The standard InChI is InChI=1S/C13H14N2O2S/c14-6-10-11-7-18(16,17)8-12(11)15-13(10)9-4-2-1-3-5-9/h1-5,15H,6-8,14H2. The van der Waals surface area contributed by atoms with Crippen molar-refractivity contribution < 1.29 is 8.42 Å². The van der Waals surface area contributed by atoms with E-state index in [-0.39, 0.29) is 11.5 Å². The van der Waals surface area contributed by atoms with Crippen LogP contribution in [0.1, 0.15) is 16.8 Å². The lowest BCUT2D eigenvalue weighted by Gasteiger charge is -2.04. The van der Waals surface area contributed by atoms with Gasteiger partial charge in [0.2, 0.25) is 0 Å². The topological polar surface area (TPSA) is 76.0 Å². The summed E-state index contributed by atoms with van der Waals surface area (Å²) in [5.74, 6) is 0.209. The van der Waals surface area contributed by atoms with Gasteiger partial charge in [-0.3, -0.25) is 0 Å². The number of rotatable bonds is 2. The Kier molecular flexibility index (Phi) is 2.53. The average Bonchev–Trinajstić information content (AvgIpc) is 2.81. The van der Waals surface area contributed by atoms with Gasteiger partial charge in [0.25, 0.3) is 0 Å². The second-order valence-electron chi connectivity index (χ2n) is 4.54. The van der Waals surface area contributed by atoms with Crippen molar-refractivity contribution in [3.05, 3.63) is 47.2 Å². The minimum Gasteiger partial charge on any atom is -0.357 e. The fourth-order valence-electron chi connectivity index (χ4n) is 2.50. The average molecular weight is 262 g/mol. The third-order valence-electron chi connectivity index (χ3n) is 3.30. The maximum absolute atomic E-state index is 11.6. The van der Waals surface area contributed by atoms with Crippen molar-refractivity contribution in [3.8, 4) is 11.3 Å². The summed E-state index contributed by atoms with van der Waals surface area (Å²) in [4.78, 5) is 3.23. The number of sulfone groups is 1. The van der Waals surface area contributed by atoms with E-state index in [1.54, 1.807) is 0 Å². The van der Waals surface area contributed by atoms with Gasteiger partial charge < -0.3 is 10.7 Å². The molecule has 0 atom stereocenters. The van der Waals surface area contributed by atoms with Crippen molar-refractivity contribution in [1.82, 2.24) is 4.98 Å². The lowest BCUT2D eigenvalue weighted by Crippen LogP contribution is -2.03. The molecule has 3 N–H and O–H groups in total. The molecule has 0 amide bonds. The zero-order valence-corrected chi connectivity index (χ0v) is 10.6. The highest BCUT2D eigenvalue weighted by molar-refractivity contribution is 7.90. The molecule has 0 spiro atoms. The molecule has 2 heterocycles. The minimum atomic E-state index is -2.98. The molecule has 1 aromatic carbocycles. The van der Waals surface area contributed by atoms with E-state index in [9.17, 15) is 8.42 Å². The van der Waals surface area contributed by atoms with Crippen LogP contribution < -0.4 is 5.73 Å². The van der Waals surface area contributed by atoms with Crippen LogP contribution in [-0.4, -0.2) is 13.4 Å². The van der Waals surface area contributed by atoms with E-state index < -0.39 is 9.84 Å². The summed E-state index contributed by atoms with van der Waals surface area (Å²) in [6, 6.07) is 9.85. The molecule has 0 saturated carbocycles. The Morgan fingerprint density at radius 1 is 1.17 bits per heavy atom. The Bertz CT molecular complexity index is 687. The highest BCUT2D eigenvalue weighted by Crippen LogP contribution is 2.34. The number of aromatic amines is 1. The molecule has 3 rings (SSSR count). The molecular weight excluding hydrogens is 248 g/mol. The molecular formula is C13H14N2O2S. The molecule has 0 aliphatic carbocycles. The van der Waals surface area contributed by atoms with E-state index in [1.807, 2.05) is 30.3 Å². The molecule has 1 aromatic heterocycles. The van der Waals surface area contributed by atoms with Crippen LogP contribution in [0.2, 0.25) is 0 Å². The Labute approximate surface area is 106 Å². The first-order chi connectivity index (χ1) is 8.61. The van der Waals surface area contributed by atoms with Gasteiger partial charge in [-0.25, -0.2) is 8.42 Å². The number of hydrogen-bond donors (Lipinski definition) is 2. The molecule has 0 radical (unpaired) electrons. The summed E-state index contributed by atoms with van der Waals surface area (Å²) in [6.07, 6.45) is 0.